The Labute approximate surface area is 163 Å². The van der Waals surface area contributed by atoms with Crippen LogP contribution >= 0.6 is 11.8 Å². The van der Waals surface area contributed by atoms with E-state index in [-0.39, 0.29) is 17.9 Å². The van der Waals surface area contributed by atoms with E-state index < -0.39 is 0 Å². The Hall–Kier alpha value is -2.31. The van der Waals surface area contributed by atoms with Crippen LogP contribution in [0.1, 0.15) is 30.1 Å². The van der Waals surface area contributed by atoms with E-state index in [1.807, 2.05) is 48.5 Å². The first-order valence-corrected chi connectivity index (χ1v) is 10.1. The molecule has 2 amide bonds. The van der Waals surface area contributed by atoms with Crippen molar-refractivity contribution in [3.8, 4) is 0 Å². The molecule has 0 aromatic heterocycles. The average Bonchev–Trinajstić information content (AvgIpc) is 3.26. The van der Waals surface area contributed by atoms with Crippen molar-refractivity contribution < 1.29 is 9.59 Å². The summed E-state index contributed by atoms with van der Waals surface area (Å²) in [4.78, 5) is 25.9. The molecular formula is C21H23N3O2S. The van der Waals surface area contributed by atoms with Crippen molar-refractivity contribution in [1.82, 2.24) is 10.6 Å². The van der Waals surface area contributed by atoms with Gasteiger partial charge in [0.15, 0.2) is 0 Å². The number of hydrogen-bond donors (Lipinski definition) is 3. The van der Waals surface area contributed by atoms with E-state index in [9.17, 15) is 9.59 Å². The Kier molecular flexibility index (Phi) is 5.18. The van der Waals surface area contributed by atoms with Gasteiger partial charge in [0, 0.05) is 34.4 Å². The standard InChI is InChI=1S/C21H23N3O2S/c1-13(25)23-17-4-2-3-5-20(17)27-16-8-6-15(7-9-16)21(26)24-19-11-14-10-18(19)22-12-14/h2-9,14,18-19,22H,10-12H2,1H3,(H,23,25)(H,24,26). The van der Waals surface area contributed by atoms with Gasteiger partial charge in [0.25, 0.3) is 5.91 Å². The van der Waals surface area contributed by atoms with Crippen LogP contribution in [0.15, 0.2) is 58.3 Å². The van der Waals surface area contributed by atoms with Crippen LogP contribution in [0.4, 0.5) is 5.69 Å². The zero-order valence-corrected chi connectivity index (χ0v) is 16.0. The second-order valence-electron chi connectivity index (χ2n) is 7.24. The van der Waals surface area contributed by atoms with Crippen molar-refractivity contribution >= 4 is 29.3 Å². The second kappa shape index (κ2) is 7.74. The quantitative estimate of drug-likeness (QED) is 0.743. The molecule has 2 aromatic carbocycles. The van der Waals surface area contributed by atoms with E-state index in [0.29, 0.717) is 17.5 Å². The maximum absolute atomic E-state index is 12.5. The summed E-state index contributed by atoms with van der Waals surface area (Å²) < 4.78 is 0. The molecule has 2 fully saturated rings. The maximum atomic E-state index is 12.5. The van der Waals surface area contributed by atoms with E-state index in [4.69, 9.17) is 0 Å². The number of hydrogen-bond acceptors (Lipinski definition) is 4. The Morgan fingerprint density at radius 3 is 2.52 bits per heavy atom. The Morgan fingerprint density at radius 1 is 1.07 bits per heavy atom. The van der Waals surface area contributed by atoms with Gasteiger partial charge in [-0.1, -0.05) is 23.9 Å². The van der Waals surface area contributed by atoms with Crippen LogP contribution in [0.2, 0.25) is 0 Å². The minimum atomic E-state index is -0.0924. The van der Waals surface area contributed by atoms with Gasteiger partial charge in [-0.05, 0) is 61.7 Å². The number of carbonyl (C=O) groups excluding carboxylic acids is 2. The summed E-state index contributed by atoms with van der Waals surface area (Å²) in [6.45, 7) is 2.59. The molecule has 6 heteroatoms. The number of piperidine rings is 1. The fourth-order valence-corrected chi connectivity index (χ4v) is 4.82. The molecule has 1 heterocycles. The van der Waals surface area contributed by atoms with Gasteiger partial charge in [0.05, 0.1) is 5.69 Å². The van der Waals surface area contributed by atoms with E-state index in [1.165, 1.54) is 13.3 Å². The molecule has 2 aromatic rings. The first-order valence-electron chi connectivity index (χ1n) is 9.27. The van der Waals surface area contributed by atoms with Gasteiger partial charge in [-0.25, -0.2) is 0 Å². The molecule has 3 N–H and O–H groups in total. The Morgan fingerprint density at radius 2 is 1.85 bits per heavy atom. The third-order valence-electron chi connectivity index (χ3n) is 5.19. The molecule has 2 bridgehead atoms. The van der Waals surface area contributed by atoms with Crippen molar-refractivity contribution in [2.24, 2.45) is 5.92 Å². The molecule has 2 aliphatic rings. The third-order valence-corrected chi connectivity index (χ3v) is 6.27. The summed E-state index contributed by atoms with van der Waals surface area (Å²) in [6, 6.07) is 16.0. The predicted octanol–water partition coefficient (Wildman–Crippen LogP) is 3.28. The molecule has 3 atom stereocenters. The van der Waals surface area contributed by atoms with Crippen LogP contribution in [-0.4, -0.2) is 30.4 Å². The molecule has 3 unspecified atom stereocenters. The highest BCUT2D eigenvalue weighted by atomic mass is 32.2. The molecule has 140 valence electrons. The Balaban J connectivity index is 1.40. The van der Waals surface area contributed by atoms with Crippen molar-refractivity contribution in [3.05, 3.63) is 54.1 Å². The number of fused-ring (bicyclic) bond motifs is 2. The van der Waals surface area contributed by atoms with Gasteiger partial charge in [0.1, 0.15) is 0 Å². The van der Waals surface area contributed by atoms with Crippen LogP contribution < -0.4 is 16.0 Å². The molecule has 0 radical (unpaired) electrons. The molecule has 4 rings (SSSR count). The second-order valence-corrected chi connectivity index (χ2v) is 8.35. The van der Waals surface area contributed by atoms with E-state index in [0.717, 1.165) is 28.4 Å². The van der Waals surface area contributed by atoms with Gasteiger partial charge in [-0.15, -0.1) is 0 Å². The summed E-state index contributed by atoms with van der Waals surface area (Å²) in [5.41, 5.74) is 1.47. The van der Waals surface area contributed by atoms with Crippen LogP contribution in [0.25, 0.3) is 0 Å². The van der Waals surface area contributed by atoms with E-state index in [2.05, 4.69) is 16.0 Å². The zero-order chi connectivity index (χ0) is 18.8. The van der Waals surface area contributed by atoms with Gasteiger partial charge in [-0.3, -0.25) is 9.59 Å². The van der Waals surface area contributed by atoms with Crippen molar-refractivity contribution in [2.45, 2.75) is 41.6 Å². The fraction of sp³-hybridized carbons (Fsp3) is 0.333. The molecule has 27 heavy (non-hydrogen) atoms. The highest BCUT2D eigenvalue weighted by Crippen LogP contribution is 2.34. The highest BCUT2D eigenvalue weighted by molar-refractivity contribution is 7.99. The van der Waals surface area contributed by atoms with Crippen LogP contribution in [-0.2, 0) is 4.79 Å². The summed E-state index contributed by atoms with van der Waals surface area (Å²) in [7, 11) is 0. The van der Waals surface area contributed by atoms with Crippen molar-refractivity contribution in [2.75, 3.05) is 11.9 Å². The van der Waals surface area contributed by atoms with Crippen molar-refractivity contribution in [3.63, 3.8) is 0 Å². The topological polar surface area (TPSA) is 70.2 Å². The van der Waals surface area contributed by atoms with Gasteiger partial charge < -0.3 is 16.0 Å². The number of anilines is 1. The highest BCUT2D eigenvalue weighted by Gasteiger charge is 2.39. The van der Waals surface area contributed by atoms with Crippen LogP contribution in [0.5, 0.6) is 0 Å². The molecule has 1 aliphatic carbocycles. The number of amides is 2. The van der Waals surface area contributed by atoms with Crippen LogP contribution in [0.3, 0.4) is 0 Å². The molecule has 5 nitrogen and oxygen atoms in total. The maximum Gasteiger partial charge on any atom is 0.251 e. The number of carbonyl (C=O) groups is 2. The first kappa shape index (κ1) is 18.1. The zero-order valence-electron chi connectivity index (χ0n) is 15.2. The molecular weight excluding hydrogens is 358 g/mol. The lowest BCUT2D eigenvalue weighted by molar-refractivity contribution is -0.114. The van der Waals surface area contributed by atoms with E-state index in [1.54, 1.807) is 11.8 Å². The number of rotatable bonds is 5. The number of benzene rings is 2. The van der Waals surface area contributed by atoms with Gasteiger partial charge >= 0.3 is 0 Å². The summed E-state index contributed by atoms with van der Waals surface area (Å²) in [5, 5.41) is 9.49. The molecule has 1 saturated heterocycles. The lowest BCUT2D eigenvalue weighted by atomic mass is 10.1. The number of nitrogens with one attached hydrogen (secondary N) is 3. The molecule has 1 saturated carbocycles. The smallest absolute Gasteiger partial charge is 0.251 e. The van der Waals surface area contributed by atoms with Crippen LogP contribution in [0, 0.1) is 5.92 Å². The predicted molar refractivity (Wildman–Crippen MR) is 107 cm³/mol. The molecule has 1 aliphatic heterocycles. The van der Waals surface area contributed by atoms with Gasteiger partial charge in [-0.2, -0.15) is 0 Å². The normalized spacial score (nSPS) is 23.2. The minimum Gasteiger partial charge on any atom is -0.348 e. The summed E-state index contributed by atoms with van der Waals surface area (Å²) >= 11 is 1.56. The van der Waals surface area contributed by atoms with E-state index >= 15 is 0 Å². The average molecular weight is 382 g/mol. The lowest BCUT2D eigenvalue weighted by Crippen LogP contribution is -2.47. The van der Waals surface area contributed by atoms with Gasteiger partial charge in [0.2, 0.25) is 5.91 Å². The summed E-state index contributed by atoms with van der Waals surface area (Å²) in [5.74, 6) is 0.609. The first-order chi connectivity index (χ1) is 13.1. The number of para-hydroxylation sites is 1. The summed E-state index contributed by atoms with van der Waals surface area (Å²) in [6.07, 6.45) is 2.26. The third kappa shape index (κ3) is 4.17. The fourth-order valence-electron chi connectivity index (χ4n) is 3.91. The Bertz CT molecular complexity index is 853. The lowest BCUT2D eigenvalue weighted by Gasteiger charge is -2.24. The largest absolute Gasteiger partial charge is 0.348 e. The monoisotopic (exact) mass is 381 g/mol. The minimum absolute atomic E-state index is 0.00968. The van der Waals surface area contributed by atoms with Crippen molar-refractivity contribution in [1.29, 1.82) is 0 Å². The SMILES string of the molecule is CC(=O)Nc1ccccc1Sc1ccc(C(=O)NC2CC3CNC2C3)cc1. The molecule has 0 spiro atoms.